The summed E-state index contributed by atoms with van der Waals surface area (Å²) in [7, 11) is 1.58. The van der Waals surface area contributed by atoms with E-state index in [4.69, 9.17) is 9.47 Å². The Morgan fingerprint density at radius 2 is 1.91 bits per heavy atom. The van der Waals surface area contributed by atoms with Crippen LogP contribution in [0, 0.1) is 23.5 Å². The molecule has 0 spiro atoms. The van der Waals surface area contributed by atoms with E-state index in [2.05, 4.69) is 30.5 Å². The van der Waals surface area contributed by atoms with Crippen molar-refractivity contribution in [3.05, 3.63) is 42.1 Å². The number of piperidine rings is 1. The molecule has 2 aliphatic rings. The fourth-order valence-electron chi connectivity index (χ4n) is 4.87. The van der Waals surface area contributed by atoms with Gasteiger partial charge in [-0.2, -0.15) is 14.5 Å². The van der Waals surface area contributed by atoms with Crippen LogP contribution in [0.1, 0.15) is 32.7 Å². The molecule has 2 atom stereocenters. The molecule has 2 bridgehead atoms. The number of halogens is 2. The molecule has 2 fully saturated rings. The van der Waals surface area contributed by atoms with Crippen LogP contribution >= 0.6 is 0 Å². The summed E-state index contributed by atoms with van der Waals surface area (Å²) >= 11 is 0. The van der Waals surface area contributed by atoms with E-state index in [-0.39, 0.29) is 23.8 Å². The Kier molecular flexibility index (Phi) is 5.93. The molecule has 180 valence electrons. The lowest BCUT2D eigenvalue weighted by molar-refractivity contribution is 0.352. The summed E-state index contributed by atoms with van der Waals surface area (Å²) < 4.78 is 40.2. The quantitative estimate of drug-likeness (QED) is 0.552. The first-order valence-electron chi connectivity index (χ1n) is 11.4. The molecule has 1 saturated carbocycles. The molecule has 1 N–H and O–H groups in total. The Morgan fingerprint density at radius 1 is 1.15 bits per heavy atom. The molecule has 1 aliphatic heterocycles. The summed E-state index contributed by atoms with van der Waals surface area (Å²) in [6.45, 7) is 5.58. The van der Waals surface area contributed by atoms with Crippen molar-refractivity contribution in [3.8, 4) is 17.6 Å². The zero-order chi connectivity index (χ0) is 23.8. The lowest BCUT2D eigenvalue weighted by atomic mass is 9.92. The maximum absolute atomic E-state index is 14.1. The topological polar surface area (TPSA) is 90.2 Å². The van der Waals surface area contributed by atoms with Gasteiger partial charge in [0.15, 0.2) is 11.6 Å². The normalized spacial score (nSPS) is 21.7. The fraction of sp³-hybridized carbons (Fsp3) is 0.478. The van der Waals surface area contributed by atoms with E-state index in [1.54, 1.807) is 18.0 Å². The van der Waals surface area contributed by atoms with Crippen molar-refractivity contribution in [1.29, 1.82) is 0 Å². The lowest BCUT2D eigenvalue weighted by Gasteiger charge is -2.39. The number of benzene rings is 1. The molecule has 3 heterocycles. The lowest BCUT2D eigenvalue weighted by Crippen LogP contribution is -2.48. The van der Waals surface area contributed by atoms with Gasteiger partial charge in [-0.05, 0) is 50.7 Å². The first-order chi connectivity index (χ1) is 16.4. The largest absolute Gasteiger partial charge is 0.480 e. The van der Waals surface area contributed by atoms with Crippen molar-refractivity contribution in [2.45, 2.75) is 38.8 Å². The Morgan fingerprint density at radius 3 is 2.62 bits per heavy atom. The average molecular weight is 472 g/mol. The van der Waals surface area contributed by atoms with Crippen molar-refractivity contribution in [2.24, 2.45) is 11.8 Å². The van der Waals surface area contributed by atoms with E-state index in [9.17, 15) is 8.78 Å². The second kappa shape index (κ2) is 9.03. The summed E-state index contributed by atoms with van der Waals surface area (Å²) in [6.07, 6.45) is 3.95. The number of rotatable bonds is 7. The summed E-state index contributed by atoms with van der Waals surface area (Å²) in [4.78, 5) is 6.79. The van der Waals surface area contributed by atoms with Gasteiger partial charge in [-0.1, -0.05) is 6.07 Å². The van der Waals surface area contributed by atoms with E-state index in [0.29, 0.717) is 23.7 Å². The molecule has 3 aromatic rings. The van der Waals surface area contributed by atoms with Gasteiger partial charge in [0.25, 0.3) is 0 Å². The molecule has 1 aliphatic carbocycles. The minimum Gasteiger partial charge on any atom is -0.480 e. The number of nitrogens with zero attached hydrogens (tertiary/aromatic N) is 6. The molecular weight excluding hydrogens is 444 g/mol. The first kappa shape index (κ1) is 22.3. The standard InChI is InChI=1S/C23H27F2N7O2/c1-13(2)32-23(34-18-6-4-5-17(24)20(18)25)28-22(30-32)27-21-14-7-8-15(21)12-31(11-14)16-9-19(33-3)29-26-10-16/h4-6,9-10,13-15,21H,7-8,11-12H2,1-3H3,(H,27,30)/t14-,15-/m1/s1. The molecule has 0 unspecified atom stereocenters. The zero-order valence-electron chi connectivity index (χ0n) is 19.3. The van der Waals surface area contributed by atoms with Crippen molar-refractivity contribution in [1.82, 2.24) is 25.0 Å². The number of aromatic nitrogens is 5. The second-order valence-corrected chi connectivity index (χ2v) is 9.04. The average Bonchev–Trinajstić information content (AvgIpc) is 3.32. The van der Waals surface area contributed by atoms with Crippen LogP contribution in [-0.4, -0.2) is 51.2 Å². The van der Waals surface area contributed by atoms with E-state index in [1.165, 1.54) is 12.1 Å². The highest BCUT2D eigenvalue weighted by Crippen LogP contribution is 2.40. The predicted octanol–water partition coefficient (Wildman–Crippen LogP) is 4.06. The molecule has 11 heteroatoms. The third-order valence-electron chi connectivity index (χ3n) is 6.53. The monoisotopic (exact) mass is 471 g/mol. The summed E-state index contributed by atoms with van der Waals surface area (Å²) in [5.41, 5.74) is 0.997. The van der Waals surface area contributed by atoms with Gasteiger partial charge in [0, 0.05) is 25.2 Å². The van der Waals surface area contributed by atoms with Crippen molar-refractivity contribution >= 4 is 11.6 Å². The summed E-state index contributed by atoms with van der Waals surface area (Å²) in [5, 5.41) is 16.0. The Labute approximate surface area is 196 Å². The van der Waals surface area contributed by atoms with Crippen LogP contribution in [-0.2, 0) is 0 Å². The van der Waals surface area contributed by atoms with Crippen LogP contribution in [0.2, 0.25) is 0 Å². The van der Waals surface area contributed by atoms with Gasteiger partial charge < -0.3 is 19.7 Å². The molecule has 0 radical (unpaired) electrons. The molecule has 2 aromatic heterocycles. The van der Waals surface area contributed by atoms with Crippen molar-refractivity contribution in [3.63, 3.8) is 0 Å². The minimum atomic E-state index is -1.05. The maximum Gasteiger partial charge on any atom is 0.322 e. The minimum absolute atomic E-state index is 0.0811. The molecule has 0 amide bonds. The maximum atomic E-state index is 14.1. The second-order valence-electron chi connectivity index (χ2n) is 9.04. The van der Waals surface area contributed by atoms with E-state index in [1.807, 2.05) is 19.9 Å². The molecule has 1 aromatic carbocycles. The van der Waals surface area contributed by atoms with Gasteiger partial charge in [-0.15, -0.1) is 10.2 Å². The highest BCUT2D eigenvalue weighted by molar-refractivity contribution is 5.48. The number of methoxy groups -OCH3 is 1. The van der Waals surface area contributed by atoms with E-state index in [0.717, 1.165) is 37.7 Å². The SMILES string of the molecule is COc1cc(N2C[C@H]3CC[C@H](C2)C3Nc2nc(Oc3cccc(F)c3F)n(C(C)C)n2)cnn1. The summed E-state index contributed by atoms with van der Waals surface area (Å²) in [6, 6.07) is 5.94. The Hall–Kier alpha value is -3.50. The molecule has 34 heavy (non-hydrogen) atoms. The van der Waals surface area contributed by atoms with Crippen LogP contribution in [0.5, 0.6) is 17.6 Å². The Balaban J connectivity index is 1.33. The Bertz CT molecular complexity index is 1160. The smallest absolute Gasteiger partial charge is 0.322 e. The van der Waals surface area contributed by atoms with Gasteiger partial charge in [-0.25, -0.2) is 9.07 Å². The van der Waals surface area contributed by atoms with Gasteiger partial charge in [-0.3, -0.25) is 0 Å². The number of nitrogens with one attached hydrogen (secondary N) is 1. The number of fused-ring (bicyclic) bond motifs is 2. The molecule has 5 rings (SSSR count). The van der Waals surface area contributed by atoms with Crippen molar-refractivity contribution in [2.75, 3.05) is 30.4 Å². The zero-order valence-corrected chi connectivity index (χ0v) is 19.3. The summed E-state index contributed by atoms with van der Waals surface area (Å²) in [5.74, 6) is -0.544. The van der Waals surface area contributed by atoms with Gasteiger partial charge in [0.1, 0.15) is 0 Å². The van der Waals surface area contributed by atoms with Crippen LogP contribution in [0.15, 0.2) is 30.5 Å². The van der Waals surface area contributed by atoms with Gasteiger partial charge in [0.2, 0.25) is 17.6 Å². The van der Waals surface area contributed by atoms with Crippen molar-refractivity contribution < 1.29 is 18.3 Å². The van der Waals surface area contributed by atoms with Gasteiger partial charge in [0.05, 0.1) is 25.0 Å². The highest BCUT2D eigenvalue weighted by atomic mass is 19.2. The van der Waals surface area contributed by atoms with Crippen LogP contribution in [0.3, 0.4) is 0 Å². The third kappa shape index (κ3) is 4.22. The third-order valence-corrected chi connectivity index (χ3v) is 6.53. The van der Waals surface area contributed by atoms with E-state index < -0.39 is 11.6 Å². The predicted molar refractivity (Wildman–Crippen MR) is 121 cm³/mol. The number of hydrogen-bond donors (Lipinski definition) is 1. The highest BCUT2D eigenvalue weighted by Gasteiger charge is 2.43. The molecule has 1 saturated heterocycles. The van der Waals surface area contributed by atoms with Crippen LogP contribution < -0.4 is 19.7 Å². The van der Waals surface area contributed by atoms with E-state index >= 15 is 0 Å². The van der Waals surface area contributed by atoms with Gasteiger partial charge >= 0.3 is 6.01 Å². The number of ether oxygens (including phenoxy) is 2. The molecule has 9 nitrogen and oxygen atoms in total. The molecular formula is C23H27F2N7O2. The number of anilines is 2. The first-order valence-corrected chi connectivity index (χ1v) is 11.4. The fourth-order valence-corrected chi connectivity index (χ4v) is 4.87. The van der Waals surface area contributed by atoms with Crippen LogP contribution in [0.25, 0.3) is 0 Å². The van der Waals surface area contributed by atoms with Crippen LogP contribution in [0.4, 0.5) is 20.4 Å². The number of hydrogen-bond acceptors (Lipinski definition) is 8.